The van der Waals surface area contributed by atoms with Crippen LogP contribution in [0.5, 0.6) is 0 Å². The van der Waals surface area contributed by atoms with Crippen molar-refractivity contribution < 1.29 is 0 Å². The third-order valence-electron chi connectivity index (χ3n) is 2.31. The average molecular weight is 212 g/mol. The van der Waals surface area contributed by atoms with Crippen LogP contribution in [-0.4, -0.2) is 28.0 Å². The summed E-state index contributed by atoms with van der Waals surface area (Å²) in [6, 6.07) is 0. The molecule has 78 valence electrons. The van der Waals surface area contributed by atoms with Gasteiger partial charge in [-0.2, -0.15) is 4.37 Å². The molecule has 1 saturated heterocycles. The van der Waals surface area contributed by atoms with Crippen LogP contribution in [0.2, 0.25) is 0 Å². The van der Waals surface area contributed by atoms with E-state index >= 15 is 0 Å². The van der Waals surface area contributed by atoms with Gasteiger partial charge in [0.05, 0.1) is 0 Å². The van der Waals surface area contributed by atoms with E-state index in [0.717, 1.165) is 36.9 Å². The lowest BCUT2D eigenvalue weighted by Gasteiger charge is -2.45. The molecule has 1 fully saturated rings. The van der Waals surface area contributed by atoms with Gasteiger partial charge in [-0.05, 0) is 13.3 Å². The molecular weight excluding hydrogens is 196 g/mol. The van der Waals surface area contributed by atoms with Crippen LogP contribution in [0.25, 0.3) is 0 Å². The standard InChI is InChI=1S/C9H16N4S/c1-3-4-7-11-8(14-12-7)13-5-9(2,10)6-13/h3-6,10H2,1-2H3. The molecule has 2 heterocycles. The molecule has 5 heteroatoms. The number of nitrogens with two attached hydrogens (primary N) is 1. The van der Waals surface area contributed by atoms with E-state index in [1.54, 1.807) is 0 Å². The van der Waals surface area contributed by atoms with Gasteiger partial charge in [0.15, 0.2) is 0 Å². The lowest BCUT2D eigenvalue weighted by molar-refractivity contribution is 0.365. The zero-order valence-electron chi connectivity index (χ0n) is 8.66. The normalized spacial score (nSPS) is 19.5. The van der Waals surface area contributed by atoms with E-state index in [0.29, 0.717) is 0 Å². The monoisotopic (exact) mass is 212 g/mol. The summed E-state index contributed by atoms with van der Waals surface area (Å²) in [5.74, 6) is 0.970. The minimum Gasteiger partial charge on any atom is -0.343 e. The van der Waals surface area contributed by atoms with Gasteiger partial charge in [-0.25, -0.2) is 4.98 Å². The maximum Gasteiger partial charge on any atom is 0.205 e. The van der Waals surface area contributed by atoms with Gasteiger partial charge in [-0.3, -0.25) is 0 Å². The largest absolute Gasteiger partial charge is 0.343 e. The minimum atomic E-state index is -0.0312. The third-order valence-corrected chi connectivity index (χ3v) is 3.12. The molecule has 0 aromatic carbocycles. The molecule has 1 aliphatic rings. The van der Waals surface area contributed by atoms with Crippen molar-refractivity contribution in [1.29, 1.82) is 0 Å². The van der Waals surface area contributed by atoms with Gasteiger partial charge in [-0.1, -0.05) is 6.92 Å². The lowest BCUT2D eigenvalue weighted by atomic mass is 9.95. The minimum absolute atomic E-state index is 0.0312. The highest BCUT2D eigenvalue weighted by Crippen LogP contribution is 2.27. The van der Waals surface area contributed by atoms with Crippen molar-refractivity contribution in [3.05, 3.63) is 5.82 Å². The number of rotatable bonds is 3. The first-order valence-corrected chi connectivity index (χ1v) is 5.74. The van der Waals surface area contributed by atoms with Crippen molar-refractivity contribution in [1.82, 2.24) is 9.36 Å². The fourth-order valence-electron chi connectivity index (χ4n) is 1.66. The van der Waals surface area contributed by atoms with Gasteiger partial charge in [-0.15, -0.1) is 0 Å². The Bertz CT molecular complexity index is 312. The molecule has 4 nitrogen and oxygen atoms in total. The first-order valence-electron chi connectivity index (χ1n) is 4.97. The molecule has 0 saturated carbocycles. The highest BCUT2D eigenvalue weighted by atomic mass is 32.1. The molecule has 1 aliphatic heterocycles. The number of hydrogen-bond donors (Lipinski definition) is 1. The molecule has 0 unspecified atom stereocenters. The molecule has 2 rings (SSSR count). The summed E-state index contributed by atoms with van der Waals surface area (Å²) in [6.07, 6.45) is 2.08. The fourth-order valence-corrected chi connectivity index (χ4v) is 2.37. The number of hydrogen-bond acceptors (Lipinski definition) is 5. The molecule has 0 aliphatic carbocycles. The smallest absolute Gasteiger partial charge is 0.205 e. The van der Waals surface area contributed by atoms with Crippen molar-refractivity contribution in [2.24, 2.45) is 5.73 Å². The number of nitrogens with zero attached hydrogens (tertiary/aromatic N) is 3. The summed E-state index contributed by atoms with van der Waals surface area (Å²) in [5.41, 5.74) is 5.90. The highest BCUT2D eigenvalue weighted by Gasteiger charge is 2.36. The predicted molar refractivity (Wildman–Crippen MR) is 58.7 cm³/mol. The van der Waals surface area contributed by atoms with Gasteiger partial charge in [0.1, 0.15) is 5.82 Å². The predicted octanol–water partition coefficient (Wildman–Crippen LogP) is 1.03. The quantitative estimate of drug-likeness (QED) is 0.813. The van der Waals surface area contributed by atoms with Crippen LogP contribution in [0.15, 0.2) is 0 Å². The third kappa shape index (κ3) is 1.88. The topological polar surface area (TPSA) is 55.0 Å². The second-order valence-corrected chi connectivity index (χ2v) is 4.98. The van der Waals surface area contributed by atoms with Crippen LogP contribution < -0.4 is 10.6 Å². The Kier molecular flexibility index (Phi) is 2.45. The number of aromatic nitrogens is 2. The summed E-state index contributed by atoms with van der Waals surface area (Å²) in [6.45, 7) is 6.00. The van der Waals surface area contributed by atoms with Gasteiger partial charge in [0.25, 0.3) is 0 Å². The SMILES string of the molecule is CCCc1nsc(N2CC(C)(N)C2)n1. The summed E-state index contributed by atoms with van der Waals surface area (Å²) >= 11 is 1.48. The van der Waals surface area contributed by atoms with Crippen LogP contribution in [0, 0.1) is 0 Å². The Hall–Kier alpha value is -0.680. The molecule has 0 spiro atoms. The van der Waals surface area contributed by atoms with Crippen molar-refractivity contribution in [3.8, 4) is 0 Å². The van der Waals surface area contributed by atoms with Crippen LogP contribution in [0.3, 0.4) is 0 Å². The molecule has 1 aromatic heterocycles. The number of anilines is 1. The van der Waals surface area contributed by atoms with Gasteiger partial charge < -0.3 is 10.6 Å². The molecule has 14 heavy (non-hydrogen) atoms. The van der Waals surface area contributed by atoms with E-state index in [-0.39, 0.29) is 5.54 Å². The Balaban J connectivity index is 1.98. The van der Waals surface area contributed by atoms with Crippen LogP contribution >= 0.6 is 11.5 Å². The van der Waals surface area contributed by atoms with Crippen molar-refractivity contribution in [3.63, 3.8) is 0 Å². The summed E-state index contributed by atoms with van der Waals surface area (Å²) in [7, 11) is 0. The van der Waals surface area contributed by atoms with E-state index in [1.807, 2.05) is 0 Å². The van der Waals surface area contributed by atoms with E-state index in [1.165, 1.54) is 11.5 Å². The molecule has 2 N–H and O–H groups in total. The maximum absolute atomic E-state index is 5.93. The summed E-state index contributed by atoms with van der Waals surface area (Å²) < 4.78 is 4.30. The van der Waals surface area contributed by atoms with E-state index in [4.69, 9.17) is 5.73 Å². The fraction of sp³-hybridized carbons (Fsp3) is 0.778. The van der Waals surface area contributed by atoms with Crippen LogP contribution in [0.1, 0.15) is 26.1 Å². The number of aryl methyl sites for hydroxylation is 1. The van der Waals surface area contributed by atoms with Crippen molar-refractivity contribution in [2.45, 2.75) is 32.2 Å². The van der Waals surface area contributed by atoms with E-state index in [9.17, 15) is 0 Å². The maximum atomic E-state index is 5.93. The Morgan fingerprint density at radius 2 is 2.29 bits per heavy atom. The van der Waals surface area contributed by atoms with Gasteiger partial charge in [0, 0.05) is 36.6 Å². The van der Waals surface area contributed by atoms with E-state index in [2.05, 4.69) is 28.1 Å². The van der Waals surface area contributed by atoms with E-state index < -0.39 is 0 Å². The van der Waals surface area contributed by atoms with Crippen LogP contribution in [0.4, 0.5) is 5.13 Å². The van der Waals surface area contributed by atoms with Crippen molar-refractivity contribution in [2.75, 3.05) is 18.0 Å². The second-order valence-electron chi connectivity index (χ2n) is 4.25. The second kappa shape index (κ2) is 3.47. The highest BCUT2D eigenvalue weighted by molar-refractivity contribution is 7.09. The average Bonchev–Trinajstić information content (AvgIpc) is 2.49. The molecular formula is C9H16N4S. The first-order chi connectivity index (χ1) is 6.61. The Morgan fingerprint density at radius 1 is 1.57 bits per heavy atom. The Morgan fingerprint density at radius 3 is 2.86 bits per heavy atom. The zero-order valence-corrected chi connectivity index (χ0v) is 9.47. The van der Waals surface area contributed by atoms with Gasteiger partial charge in [0.2, 0.25) is 5.13 Å². The molecule has 0 atom stereocenters. The molecule has 0 radical (unpaired) electrons. The van der Waals surface area contributed by atoms with Gasteiger partial charge >= 0.3 is 0 Å². The molecule has 0 amide bonds. The molecule has 0 bridgehead atoms. The van der Waals surface area contributed by atoms with Crippen LogP contribution in [-0.2, 0) is 6.42 Å². The molecule has 1 aromatic rings. The zero-order chi connectivity index (χ0) is 10.2. The first kappa shape index (κ1) is 9.86. The summed E-state index contributed by atoms with van der Waals surface area (Å²) in [4.78, 5) is 6.66. The van der Waals surface area contributed by atoms with Crippen molar-refractivity contribution >= 4 is 16.7 Å². The Labute approximate surface area is 88.3 Å². The summed E-state index contributed by atoms with van der Waals surface area (Å²) in [5, 5.41) is 1.02. The lowest BCUT2D eigenvalue weighted by Crippen LogP contribution is -2.65.